The molecule has 4 heterocycles. The fourth-order valence-electron chi connectivity index (χ4n) is 13.9. The maximum absolute atomic E-state index is 2.62. The van der Waals surface area contributed by atoms with E-state index >= 15 is 0 Å². The third kappa shape index (κ3) is 7.11. The molecule has 0 aliphatic carbocycles. The predicted molar refractivity (Wildman–Crippen MR) is 347 cm³/mol. The summed E-state index contributed by atoms with van der Waals surface area (Å²) in [5.41, 5.74) is 28.7. The van der Waals surface area contributed by atoms with E-state index in [2.05, 4.69) is 317 Å². The van der Waals surface area contributed by atoms with E-state index in [4.69, 9.17) is 0 Å². The maximum Gasteiger partial charge on any atom is 0.252 e. The number of benzene rings is 13. The molecule has 82 heavy (non-hydrogen) atoms. The molecular formula is C78H50BN3. The van der Waals surface area contributed by atoms with Gasteiger partial charge in [0.05, 0.1) is 22.2 Å². The average molecular weight is 1040 g/mol. The molecule has 0 atom stereocenters. The fourth-order valence-corrected chi connectivity index (χ4v) is 13.9. The van der Waals surface area contributed by atoms with Crippen LogP contribution >= 0.6 is 0 Å². The minimum atomic E-state index is -0.145. The van der Waals surface area contributed by atoms with Crippen molar-refractivity contribution in [1.82, 2.24) is 9.13 Å². The smallest absolute Gasteiger partial charge is 0.252 e. The Bertz CT molecular complexity index is 4930. The zero-order chi connectivity index (χ0) is 53.8. The molecule has 0 amide bonds. The largest absolute Gasteiger partial charge is 0.311 e. The first kappa shape index (κ1) is 46.3. The van der Waals surface area contributed by atoms with Crippen LogP contribution < -0.4 is 21.3 Å². The summed E-state index contributed by atoms with van der Waals surface area (Å²) >= 11 is 0. The van der Waals surface area contributed by atoms with E-state index in [9.17, 15) is 0 Å². The third-order valence-electron chi connectivity index (χ3n) is 17.5. The van der Waals surface area contributed by atoms with Crippen LogP contribution in [0.3, 0.4) is 0 Å². The molecule has 13 aromatic carbocycles. The van der Waals surface area contributed by atoms with Crippen molar-refractivity contribution in [3.8, 4) is 78.1 Å². The first-order chi connectivity index (χ1) is 40.7. The summed E-state index contributed by atoms with van der Waals surface area (Å²) in [4.78, 5) is 2.56. The highest BCUT2D eigenvalue weighted by Crippen LogP contribution is 2.47. The molecule has 15 aromatic rings. The van der Waals surface area contributed by atoms with Crippen molar-refractivity contribution in [3.05, 3.63) is 303 Å². The van der Waals surface area contributed by atoms with Gasteiger partial charge in [-0.1, -0.05) is 249 Å². The summed E-state index contributed by atoms with van der Waals surface area (Å²) in [6, 6.07) is 113. The van der Waals surface area contributed by atoms with Gasteiger partial charge in [0, 0.05) is 49.8 Å². The van der Waals surface area contributed by atoms with Crippen LogP contribution in [0.1, 0.15) is 0 Å². The fraction of sp³-hybridized carbons (Fsp3) is 0. The number of aromatic nitrogens is 2. The van der Waals surface area contributed by atoms with Gasteiger partial charge >= 0.3 is 0 Å². The third-order valence-corrected chi connectivity index (χ3v) is 17.5. The number of rotatable bonds is 8. The monoisotopic (exact) mass is 1040 g/mol. The minimum Gasteiger partial charge on any atom is -0.311 e. The summed E-state index contributed by atoms with van der Waals surface area (Å²) in [6.45, 7) is -0.145. The van der Waals surface area contributed by atoms with E-state index in [1.54, 1.807) is 0 Å². The van der Waals surface area contributed by atoms with E-state index in [-0.39, 0.29) is 6.71 Å². The van der Waals surface area contributed by atoms with Gasteiger partial charge in [-0.2, -0.15) is 0 Å². The Hall–Kier alpha value is -10.7. The molecule has 4 heteroatoms. The summed E-state index contributed by atoms with van der Waals surface area (Å²) in [5.74, 6) is 0. The topological polar surface area (TPSA) is 13.1 Å². The SMILES string of the molecule is c1ccc(-c2ccc3c4ccc(-c5ccccc5)cc4n(-c4cc5c6c(c4)-n4c7ccccc7c7cc(-c8ccccc8-c8ccccc8)cc(c74)B6c4cc(-c6ccccc6-c6ccccc6)ccc4N5c4ccccc4)c3c2)cc1. The van der Waals surface area contributed by atoms with E-state index < -0.39 is 0 Å². The van der Waals surface area contributed by atoms with Crippen LogP contribution in [0.2, 0.25) is 0 Å². The van der Waals surface area contributed by atoms with Crippen LogP contribution in [0.15, 0.2) is 303 Å². The van der Waals surface area contributed by atoms with Crippen LogP contribution in [-0.2, 0) is 0 Å². The number of nitrogens with zero attached hydrogens (tertiary/aromatic N) is 3. The summed E-state index contributed by atoms with van der Waals surface area (Å²) < 4.78 is 5.17. The molecule has 0 N–H and O–H groups in total. The quantitative estimate of drug-likeness (QED) is 0.138. The van der Waals surface area contributed by atoms with Crippen molar-refractivity contribution >= 4 is 83.8 Å². The number of hydrogen-bond acceptors (Lipinski definition) is 1. The average Bonchev–Trinajstić information content (AvgIpc) is 1.54. The van der Waals surface area contributed by atoms with E-state index in [0.717, 1.165) is 28.1 Å². The molecular weight excluding hydrogens is 990 g/mol. The highest BCUT2D eigenvalue weighted by Gasteiger charge is 2.43. The van der Waals surface area contributed by atoms with Gasteiger partial charge in [-0.25, -0.2) is 0 Å². The van der Waals surface area contributed by atoms with Crippen LogP contribution in [-0.4, -0.2) is 15.8 Å². The van der Waals surface area contributed by atoms with Crippen LogP contribution in [0.4, 0.5) is 17.1 Å². The Morgan fingerprint density at radius 1 is 0.232 bits per heavy atom. The molecule has 0 spiro atoms. The van der Waals surface area contributed by atoms with E-state index in [1.165, 1.54) is 127 Å². The van der Waals surface area contributed by atoms with Gasteiger partial charge in [-0.05, 0) is 138 Å². The zero-order valence-electron chi connectivity index (χ0n) is 44.8. The van der Waals surface area contributed by atoms with Crippen LogP contribution in [0, 0.1) is 0 Å². The number of hydrogen-bond donors (Lipinski definition) is 0. The highest BCUT2D eigenvalue weighted by molar-refractivity contribution is 7.00. The molecule has 0 unspecified atom stereocenters. The Kier molecular flexibility index (Phi) is 10.4. The minimum absolute atomic E-state index is 0.145. The van der Waals surface area contributed by atoms with Gasteiger partial charge in [0.15, 0.2) is 0 Å². The van der Waals surface area contributed by atoms with Crippen LogP contribution in [0.25, 0.3) is 122 Å². The normalized spacial score (nSPS) is 12.3. The molecule has 2 aromatic heterocycles. The van der Waals surface area contributed by atoms with Crippen molar-refractivity contribution in [1.29, 1.82) is 0 Å². The number of fused-ring (bicyclic) bond motifs is 10. The lowest BCUT2D eigenvalue weighted by Crippen LogP contribution is -2.60. The second kappa shape index (κ2) is 18.5. The summed E-state index contributed by atoms with van der Waals surface area (Å²) in [6.07, 6.45) is 0. The number of anilines is 3. The Morgan fingerprint density at radius 2 is 0.683 bits per heavy atom. The molecule has 0 saturated carbocycles. The van der Waals surface area contributed by atoms with Gasteiger partial charge in [0.1, 0.15) is 0 Å². The lowest BCUT2D eigenvalue weighted by Gasteiger charge is -2.41. The molecule has 380 valence electrons. The number of para-hydroxylation sites is 2. The lowest BCUT2D eigenvalue weighted by molar-refractivity contribution is 1.13. The highest BCUT2D eigenvalue weighted by atomic mass is 15.2. The summed E-state index contributed by atoms with van der Waals surface area (Å²) in [7, 11) is 0. The Morgan fingerprint density at radius 3 is 1.27 bits per heavy atom. The van der Waals surface area contributed by atoms with Crippen molar-refractivity contribution in [2.75, 3.05) is 4.90 Å². The molecule has 0 bridgehead atoms. The van der Waals surface area contributed by atoms with E-state index in [1.807, 2.05) is 0 Å². The van der Waals surface area contributed by atoms with Gasteiger partial charge in [0.25, 0.3) is 6.71 Å². The first-order valence-corrected chi connectivity index (χ1v) is 28.4. The second-order valence-corrected chi connectivity index (χ2v) is 21.9. The van der Waals surface area contributed by atoms with Gasteiger partial charge in [-0.3, -0.25) is 0 Å². The zero-order valence-corrected chi connectivity index (χ0v) is 44.8. The predicted octanol–water partition coefficient (Wildman–Crippen LogP) is 18.5. The van der Waals surface area contributed by atoms with Crippen molar-refractivity contribution < 1.29 is 0 Å². The van der Waals surface area contributed by atoms with Gasteiger partial charge in [0.2, 0.25) is 0 Å². The molecule has 0 fully saturated rings. The van der Waals surface area contributed by atoms with Gasteiger partial charge in [-0.15, -0.1) is 0 Å². The molecule has 2 aliphatic rings. The summed E-state index contributed by atoms with van der Waals surface area (Å²) in [5, 5.41) is 4.92. The van der Waals surface area contributed by atoms with Crippen LogP contribution in [0.5, 0.6) is 0 Å². The molecule has 0 radical (unpaired) electrons. The Labute approximate surface area is 476 Å². The second-order valence-electron chi connectivity index (χ2n) is 21.9. The Balaban J connectivity index is 1.01. The molecule has 2 aliphatic heterocycles. The molecule has 17 rings (SSSR count). The van der Waals surface area contributed by atoms with Crippen molar-refractivity contribution in [2.45, 2.75) is 0 Å². The molecule has 3 nitrogen and oxygen atoms in total. The van der Waals surface area contributed by atoms with E-state index in [0.29, 0.717) is 0 Å². The molecule has 0 saturated heterocycles. The standard InChI is InChI=1S/C78H50BN3/c1-6-22-51(23-7-1)55-38-41-66-67-42-39-56(52-24-8-2-9-25-52)48-74(67)81(73(66)47-55)60-49-75-77-76(50-60)82-71-37-21-20-36-65(71)68-44-58(64-35-19-17-33-62(64)54-28-12-4-13-29-54)46-70(78(68)82)79(77)69-45-57(40-43-72(69)80(75)59-30-14-5-15-31-59)63-34-18-16-32-61(63)53-26-10-3-11-27-53/h1-50H. The first-order valence-electron chi connectivity index (χ1n) is 28.4. The lowest BCUT2D eigenvalue weighted by atomic mass is 9.33. The maximum atomic E-state index is 2.62. The van der Waals surface area contributed by atoms with Crippen molar-refractivity contribution in [3.63, 3.8) is 0 Å². The van der Waals surface area contributed by atoms with Crippen molar-refractivity contribution in [2.24, 2.45) is 0 Å². The van der Waals surface area contributed by atoms with Gasteiger partial charge < -0.3 is 14.0 Å².